The maximum Gasteiger partial charge on any atom is 0.243 e. The molecule has 1 atom stereocenters. The van der Waals surface area contributed by atoms with Gasteiger partial charge in [0.05, 0.1) is 4.90 Å². The summed E-state index contributed by atoms with van der Waals surface area (Å²) >= 11 is 1.85. The van der Waals surface area contributed by atoms with E-state index in [2.05, 4.69) is 25.7 Å². The molecule has 0 saturated carbocycles. The normalized spacial score (nSPS) is 21.0. The van der Waals surface area contributed by atoms with Gasteiger partial charge >= 0.3 is 0 Å². The van der Waals surface area contributed by atoms with Crippen molar-refractivity contribution < 1.29 is 8.42 Å². The fraction of sp³-hybridized carbons (Fsp3) is 0.667. The third-order valence-corrected chi connectivity index (χ3v) is 7.45. The quantitative estimate of drug-likeness (QED) is 0.817. The van der Waals surface area contributed by atoms with Crippen molar-refractivity contribution in [2.45, 2.75) is 43.5 Å². The van der Waals surface area contributed by atoms with Crippen LogP contribution in [0.2, 0.25) is 0 Å². The lowest BCUT2D eigenvalue weighted by molar-refractivity contribution is 0.271. The second kappa shape index (κ2) is 7.77. The summed E-state index contributed by atoms with van der Waals surface area (Å²) in [5.41, 5.74) is 1.17. The summed E-state index contributed by atoms with van der Waals surface area (Å²) in [7, 11) is 0.548. The molecule has 1 saturated heterocycles. The highest BCUT2D eigenvalue weighted by Crippen LogP contribution is 2.27. The Bertz CT molecular complexity index is 634. The summed E-state index contributed by atoms with van der Waals surface area (Å²) in [5, 5.41) is 0. The Balaban J connectivity index is 2.32. The molecule has 0 spiro atoms. The average molecular weight is 371 g/mol. The van der Waals surface area contributed by atoms with E-state index >= 15 is 0 Å². The maximum absolute atomic E-state index is 13.2. The van der Waals surface area contributed by atoms with Crippen molar-refractivity contribution in [1.82, 2.24) is 9.21 Å². The summed E-state index contributed by atoms with van der Waals surface area (Å²) in [5.74, 6) is 1.89. The Hall–Kier alpha value is -0.560. The molecule has 0 aromatic heterocycles. The van der Waals surface area contributed by atoms with Crippen LogP contribution >= 0.6 is 11.8 Å². The highest BCUT2D eigenvalue weighted by molar-refractivity contribution is 7.99. The molecule has 0 N–H and O–H groups in total. The second-order valence-electron chi connectivity index (χ2n) is 7.73. The van der Waals surface area contributed by atoms with Crippen molar-refractivity contribution in [2.24, 2.45) is 0 Å². The molecule has 24 heavy (non-hydrogen) atoms. The third kappa shape index (κ3) is 4.75. The topological polar surface area (TPSA) is 40.6 Å². The molecular weight excluding hydrogens is 340 g/mol. The number of nitrogens with zero attached hydrogens (tertiary/aromatic N) is 2. The van der Waals surface area contributed by atoms with Gasteiger partial charge in [0.25, 0.3) is 0 Å². The molecule has 0 aliphatic carbocycles. The fourth-order valence-electron chi connectivity index (χ4n) is 2.95. The SMILES string of the molecule is CN(C)C[C@H]1CSCCCN1S(=O)(=O)c1ccc(C(C)(C)C)cc1. The summed E-state index contributed by atoms with van der Waals surface area (Å²) in [4.78, 5) is 2.48. The average Bonchev–Trinajstić information content (AvgIpc) is 2.71. The first kappa shape index (κ1) is 19.8. The number of hydrogen-bond acceptors (Lipinski definition) is 4. The molecule has 1 aromatic rings. The van der Waals surface area contributed by atoms with Crippen LogP contribution in [-0.2, 0) is 15.4 Å². The van der Waals surface area contributed by atoms with Crippen molar-refractivity contribution in [3.8, 4) is 0 Å². The standard InChI is InChI=1S/C18H30N2O2S2/c1-18(2,3)15-7-9-17(10-8-15)24(21,22)20-11-6-12-23-14-16(20)13-19(4)5/h7-10,16H,6,11-14H2,1-5H3/t16-/m0/s1. The van der Waals surface area contributed by atoms with Gasteiger partial charge in [-0.2, -0.15) is 16.1 Å². The third-order valence-electron chi connectivity index (χ3n) is 4.29. The molecule has 0 bridgehead atoms. The molecule has 0 amide bonds. The number of sulfonamides is 1. The number of benzene rings is 1. The van der Waals surface area contributed by atoms with Gasteiger partial charge in [0.1, 0.15) is 0 Å². The first-order valence-electron chi connectivity index (χ1n) is 8.47. The first-order chi connectivity index (χ1) is 11.1. The summed E-state index contributed by atoms with van der Waals surface area (Å²) < 4.78 is 28.1. The number of rotatable bonds is 4. The van der Waals surface area contributed by atoms with Gasteiger partial charge in [-0.15, -0.1) is 0 Å². The van der Waals surface area contributed by atoms with E-state index in [0.29, 0.717) is 11.4 Å². The highest BCUT2D eigenvalue weighted by atomic mass is 32.2. The lowest BCUT2D eigenvalue weighted by Gasteiger charge is -2.31. The Kier molecular flexibility index (Phi) is 6.40. The van der Waals surface area contributed by atoms with Crippen molar-refractivity contribution in [3.63, 3.8) is 0 Å². The van der Waals surface area contributed by atoms with Crippen molar-refractivity contribution in [1.29, 1.82) is 0 Å². The number of likely N-dealkylation sites (N-methyl/N-ethyl adjacent to an activating group) is 1. The van der Waals surface area contributed by atoms with Crippen molar-refractivity contribution >= 4 is 21.8 Å². The first-order valence-corrected chi connectivity index (χ1v) is 11.1. The summed E-state index contributed by atoms with van der Waals surface area (Å²) in [6, 6.07) is 7.45. The van der Waals surface area contributed by atoms with E-state index in [1.807, 2.05) is 38.0 Å². The van der Waals surface area contributed by atoms with Gasteiger partial charge in [-0.25, -0.2) is 8.42 Å². The van der Waals surface area contributed by atoms with Gasteiger partial charge in [-0.05, 0) is 49.4 Å². The second-order valence-corrected chi connectivity index (χ2v) is 10.8. The van der Waals surface area contributed by atoms with E-state index in [9.17, 15) is 8.42 Å². The van der Waals surface area contributed by atoms with Crippen LogP contribution in [0.4, 0.5) is 0 Å². The van der Waals surface area contributed by atoms with Gasteiger partial charge < -0.3 is 4.90 Å². The summed E-state index contributed by atoms with van der Waals surface area (Å²) in [6.45, 7) is 7.77. The van der Waals surface area contributed by atoms with E-state index in [-0.39, 0.29) is 11.5 Å². The monoisotopic (exact) mass is 370 g/mol. The zero-order valence-corrected chi connectivity index (χ0v) is 17.1. The van der Waals surface area contributed by atoms with Gasteiger partial charge in [0.15, 0.2) is 0 Å². The molecule has 0 unspecified atom stereocenters. The fourth-order valence-corrected chi connectivity index (χ4v) is 5.76. The smallest absolute Gasteiger partial charge is 0.243 e. The van der Waals surface area contributed by atoms with E-state index in [1.54, 1.807) is 16.4 Å². The van der Waals surface area contributed by atoms with Crippen LogP contribution in [0.25, 0.3) is 0 Å². The van der Waals surface area contributed by atoms with Gasteiger partial charge in [-0.1, -0.05) is 32.9 Å². The highest BCUT2D eigenvalue weighted by Gasteiger charge is 2.33. The van der Waals surface area contributed by atoms with Gasteiger partial charge in [0.2, 0.25) is 10.0 Å². The molecule has 1 heterocycles. The minimum atomic E-state index is -3.45. The molecule has 2 rings (SSSR count). The molecule has 1 fully saturated rings. The number of thioether (sulfide) groups is 1. The molecule has 4 nitrogen and oxygen atoms in total. The molecular formula is C18H30N2O2S2. The Morgan fingerprint density at radius 3 is 2.38 bits per heavy atom. The Morgan fingerprint density at radius 2 is 1.83 bits per heavy atom. The van der Waals surface area contributed by atoms with Crippen LogP contribution in [0.5, 0.6) is 0 Å². The van der Waals surface area contributed by atoms with Crippen molar-refractivity contribution in [3.05, 3.63) is 29.8 Å². The molecule has 1 aromatic carbocycles. The number of hydrogen-bond donors (Lipinski definition) is 0. The van der Waals surface area contributed by atoms with Crippen LogP contribution in [0, 0.1) is 0 Å². The lowest BCUT2D eigenvalue weighted by atomic mass is 9.87. The van der Waals surface area contributed by atoms with Crippen LogP contribution in [0.15, 0.2) is 29.2 Å². The molecule has 6 heteroatoms. The van der Waals surface area contributed by atoms with E-state index in [0.717, 1.165) is 30.0 Å². The van der Waals surface area contributed by atoms with E-state index < -0.39 is 10.0 Å². The maximum atomic E-state index is 13.2. The predicted molar refractivity (Wildman–Crippen MR) is 103 cm³/mol. The van der Waals surface area contributed by atoms with Crippen molar-refractivity contribution in [2.75, 3.05) is 38.7 Å². The van der Waals surface area contributed by atoms with Crippen LogP contribution in [0.3, 0.4) is 0 Å². The molecule has 0 radical (unpaired) electrons. The Labute approximate surface area is 151 Å². The van der Waals surface area contributed by atoms with Gasteiger partial charge in [0, 0.05) is 24.9 Å². The molecule has 136 valence electrons. The van der Waals surface area contributed by atoms with Crippen LogP contribution < -0.4 is 0 Å². The minimum Gasteiger partial charge on any atom is -0.308 e. The van der Waals surface area contributed by atoms with Gasteiger partial charge in [-0.3, -0.25) is 0 Å². The zero-order valence-electron chi connectivity index (χ0n) is 15.4. The van der Waals surface area contributed by atoms with Crippen LogP contribution in [-0.4, -0.2) is 62.4 Å². The summed E-state index contributed by atoms with van der Waals surface area (Å²) in [6.07, 6.45) is 0.911. The van der Waals surface area contributed by atoms with E-state index in [4.69, 9.17) is 0 Å². The van der Waals surface area contributed by atoms with Crippen LogP contribution in [0.1, 0.15) is 32.8 Å². The lowest BCUT2D eigenvalue weighted by Crippen LogP contribution is -2.46. The molecule has 1 aliphatic rings. The zero-order chi connectivity index (χ0) is 18.0. The molecule has 1 aliphatic heterocycles. The minimum absolute atomic E-state index is 0.0228. The van der Waals surface area contributed by atoms with E-state index in [1.165, 1.54) is 0 Å². The predicted octanol–water partition coefficient (Wildman–Crippen LogP) is 3.04. The Morgan fingerprint density at radius 1 is 1.21 bits per heavy atom. The largest absolute Gasteiger partial charge is 0.308 e.